The summed E-state index contributed by atoms with van der Waals surface area (Å²) in [6.45, 7) is 7.32. The van der Waals surface area contributed by atoms with Crippen molar-refractivity contribution in [3.63, 3.8) is 0 Å². The molecule has 1 fully saturated rings. The van der Waals surface area contributed by atoms with Gasteiger partial charge in [-0.3, -0.25) is 0 Å². The number of rotatable bonds is 1. The van der Waals surface area contributed by atoms with Crippen LogP contribution >= 0.6 is 0 Å². The maximum Gasteiger partial charge on any atom is 0.498 e. The lowest BCUT2D eigenvalue weighted by Gasteiger charge is -2.32. The van der Waals surface area contributed by atoms with Crippen LogP contribution < -0.4 is 21.9 Å². The van der Waals surface area contributed by atoms with Gasteiger partial charge in [0.1, 0.15) is 35.1 Å². The molecule has 2 rings (SSSR count). The Kier molecular flexibility index (Phi) is 3.54. The van der Waals surface area contributed by atoms with E-state index in [2.05, 4.69) is 0 Å². The van der Waals surface area contributed by atoms with Crippen molar-refractivity contribution in [1.29, 1.82) is 0 Å². The summed E-state index contributed by atoms with van der Waals surface area (Å²) in [7, 11) is 15.7. The third-order valence-corrected chi connectivity index (χ3v) is 4.05. The number of phenols is 1. The highest BCUT2D eigenvalue weighted by molar-refractivity contribution is 6.70. The number of aromatic hydroxyl groups is 1. The monoisotopic (exact) mass is 268 g/mol. The van der Waals surface area contributed by atoms with Crippen molar-refractivity contribution in [2.24, 2.45) is 0 Å². The zero-order valence-electron chi connectivity index (χ0n) is 12.0. The molecule has 0 bridgehead atoms. The van der Waals surface area contributed by atoms with Crippen LogP contribution in [-0.2, 0) is 9.31 Å². The third-order valence-electron chi connectivity index (χ3n) is 4.05. The van der Waals surface area contributed by atoms with Gasteiger partial charge in [0.2, 0.25) is 0 Å². The minimum atomic E-state index is -1.02. The highest BCUT2D eigenvalue weighted by atomic mass is 19.1. The molecule has 1 N–H and O–H groups in total. The summed E-state index contributed by atoms with van der Waals surface area (Å²) in [5.74, 6) is -1.30. The standard InChI is InChI=1S/C12H13B4FO3/c1-11(2)12(3,4)20-16(19-11)8-7(15)9(17)5(13)6(14)10(8)18/h18H,1-4H3. The molecule has 1 aromatic rings. The summed E-state index contributed by atoms with van der Waals surface area (Å²) in [5, 5.41) is 10.1. The van der Waals surface area contributed by atoms with Crippen LogP contribution in [0.2, 0.25) is 0 Å². The van der Waals surface area contributed by atoms with E-state index in [9.17, 15) is 9.50 Å². The van der Waals surface area contributed by atoms with Gasteiger partial charge in [-0.25, -0.2) is 4.39 Å². The highest BCUT2D eigenvalue weighted by Gasteiger charge is 2.53. The van der Waals surface area contributed by atoms with Crippen LogP contribution in [0.15, 0.2) is 0 Å². The van der Waals surface area contributed by atoms with Crippen LogP contribution in [0.5, 0.6) is 5.75 Å². The fourth-order valence-electron chi connectivity index (χ4n) is 1.98. The Morgan fingerprint density at radius 1 is 0.950 bits per heavy atom. The molecule has 0 amide bonds. The van der Waals surface area contributed by atoms with Gasteiger partial charge in [0, 0.05) is 5.46 Å². The van der Waals surface area contributed by atoms with E-state index < -0.39 is 29.9 Å². The van der Waals surface area contributed by atoms with Crippen molar-refractivity contribution < 1.29 is 18.8 Å². The molecule has 0 spiro atoms. The van der Waals surface area contributed by atoms with Gasteiger partial charge >= 0.3 is 7.12 Å². The quantitative estimate of drug-likeness (QED) is 0.611. The lowest BCUT2D eigenvalue weighted by molar-refractivity contribution is 0.00578. The molecular formula is C12H13B4FO3. The molecule has 0 unspecified atom stereocenters. The summed E-state index contributed by atoms with van der Waals surface area (Å²) in [4.78, 5) is 0. The molecule has 1 aromatic carbocycles. The second-order valence-electron chi connectivity index (χ2n) is 5.91. The first-order chi connectivity index (χ1) is 8.99. The molecule has 1 saturated heterocycles. The fraction of sp³-hybridized carbons (Fsp3) is 0.500. The summed E-state index contributed by atoms with van der Waals surface area (Å²) < 4.78 is 25.4. The number of hydrogen-bond donors (Lipinski definition) is 1. The summed E-state index contributed by atoms with van der Waals surface area (Å²) >= 11 is 0. The zero-order chi connectivity index (χ0) is 15.5. The van der Waals surface area contributed by atoms with Gasteiger partial charge in [-0.05, 0) is 27.7 Å². The average molecular weight is 267 g/mol. The van der Waals surface area contributed by atoms with E-state index >= 15 is 0 Å². The zero-order valence-corrected chi connectivity index (χ0v) is 12.0. The largest absolute Gasteiger partial charge is 0.509 e. The van der Waals surface area contributed by atoms with Gasteiger partial charge in [0.05, 0.1) is 11.2 Å². The molecule has 0 aromatic heterocycles. The molecule has 1 aliphatic heterocycles. The molecule has 6 radical (unpaired) electrons. The number of phenolic OH excluding ortho intramolecular Hbond substituents is 1. The van der Waals surface area contributed by atoms with Crippen molar-refractivity contribution >= 4 is 52.5 Å². The molecule has 1 aliphatic rings. The average Bonchev–Trinajstić information content (AvgIpc) is 2.53. The minimum Gasteiger partial charge on any atom is -0.509 e. The predicted molar refractivity (Wildman–Crippen MR) is 79.9 cm³/mol. The van der Waals surface area contributed by atoms with Crippen LogP contribution in [0, 0.1) is 5.82 Å². The molecule has 98 valence electrons. The van der Waals surface area contributed by atoms with Gasteiger partial charge < -0.3 is 14.4 Å². The van der Waals surface area contributed by atoms with Crippen molar-refractivity contribution in [3.05, 3.63) is 5.82 Å². The Labute approximate surface area is 122 Å². The normalized spacial score (nSPS) is 20.4. The Hall–Kier alpha value is -0.870. The predicted octanol–water partition coefficient (Wildman–Crippen LogP) is -1.79. The number of halogens is 1. The summed E-state index contributed by atoms with van der Waals surface area (Å²) in [5.41, 5.74) is -2.32. The first-order valence-electron chi connectivity index (χ1n) is 6.20. The number of benzene rings is 1. The molecule has 1 heterocycles. The van der Waals surface area contributed by atoms with Crippen molar-refractivity contribution in [2.75, 3.05) is 0 Å². The SMILES string of the molecule is [B]c1c([B])c(F)c([B])c(B2OC(C)(C)C(C)(C)O2)c1O. The van der Waals surface area contributed by atoms with Crippen molar-refractivity contribution in [2.45, 2.75) is 38.9 Å². The molecule has 20 heavy (non-hydrogen) atoms. The molecule has 3 nitrogen and oxygen atoms in total. The van der Waals surface area contributed by atoms with Crippen LogP contribution in [0.25, 0.3) is 0 Å². The first kappa shape index (κ1) is 15.5. The van der Waals surface area contributed by atoms with Crippen LogP contribution in [0.4, 0.5) is 4.39 Å². The smallest absolute Gasteiger partial charge is 0.498 e. The highest BCUT2D eigenvalue weighted by Crippen LogP contribution is 2.36. The van der Waals surface area contributed by atoms with E-state index in [-0.39, 0.29) is 21.9 Å². The Balaban J connectivity index is 2.57. The Morgan fingerprint density at radius 2 is 1.40 bits per heavy atom. The van der Waals surface area contributed by atoms with E-state index in [1.54, 1.807) is 0 Å². The van der Waals surface area contributed by atoms with Crippen molar-refractivity contribution in [3.8, 4) is 5.75 Å². The first-order valence-corrected chi connectivity index (χ1v) is 6.20. The van der Waals surface area contributed by atoms with Gasteiger partial charge in [0.25, 0.3) is 0 Å². The summed E-state index contributed by atoms with van der Waals surface area (Å²) in [6.07, 6.45) is 0. The van der Waals surface area contributed by atoms with Gasteiger partial charge in [0.15, 0.2) is 0 Å². The summed E-state index contributed by atoms with van der Waals surface area (Å²) in [6, 6.07) is 0. The van der Waals surface area contributed by atoms with Crippen molar-refractivity contribution in [1.82, 2.24) is 0 Å². The lowest BCUT2D eigenvalue weighted by Crippen LogP contribution is -2.51. The topological polar surface area (TPSA) is 38.7 Å². The Bertz CT molecular complexity index is 529. The molecule has 0 atom stereocenters. The van der Waals surface area contributed by atoms with Crippen LogP contribution in [-0.4, -0.2) is 47.0 Å². The lowest BCUT2D eigenvalue weighted by atomic mass is 9.64. The van der Waals surface area contributed by atoms with E-state index in [4.69, 9.17) is 32.8 Å². The second kappa shape index (κ2) is 4.57. The van der Waals surface area contributed by atoms with Gasteiger partial charge in [-0.15, -0.1) is 0 Å². The van der Waals surface area contributed by atoms with E-state index in [0.29, 0.717) is 0 Å². The minimum absolute atomic E-state index is 0.0344. The third kappa shape index (κ3) is 2.09. The van der Waals surface area contributed by atoms with E-state index in [1.807, 2.05) is 27.7 Å². The Morgan fingerprint density at radius 3 is 1.85 bits per heavy atom. The van der Waals surface area contributed by atoms with E-state index in [0.717, 1.165) is 0 Å². The number of hydrogen-bond acceptors (Lipinski definition) is 3. The van der Waals surface area contributed by atoms with Crippen LogP contribution in [0.3, 0.4) is 0 Å². The van der Waals surface area contributed by atoms with Crippen LogP contribution in [0.1, 0.15) is 27.7 Å². The molecule has 0 aliphatic carbocycles. The van der Waals surface area contributed by atoms with Gasteiger partial charge in [-0.1, -0.05) is 16.4 Å². The molecule has 0 saturated carbocycles. The second-order valence-corrected chi connectivity index (χ2v) is 5.91. The van der Waals surface area contributed by atoms with Gasteiger partial charge in [-0.2, -0.15) is 0 Å². The molecular weight excluding hydrogens is 254 g/mol. The molecule has 8 heteroatoms. The fourth-order valence-corrected chi connectivity index (χ4v) is 1.98. The maximum atomic E-state index is 13.9. The maximum absolute atomic E-state index is 13.9. The van der Waals surface area contributed by atoms with E-state index in [1.165, 1.54) is 0 Å².